The van der Waals surface area contributed by atoms with Crippen LogP contribution in [0, 0.1) is 11.3 Å². The lowest BCUT2D eigenvalue weighted by molar-refractivity contribution is 0.0939. The number of carbonyl (C=O) groups is 1. The van der Waals surface area contributed by atoms with Crippen molar-refractivity contribution in [2.75, 3.05) is 6.54 Å². The molecule has 0 unspecified atom stereocenters. The van der Waals surface area contributed by atoms with E-state index in [9.17, 15) is 4.79 Å². The third-order valence-corrected chi connectivity index (χ3v) is 6.74. The number of nitrogens with zero attached hydrogens (tertiary/aromatic N) is 4. The van der Waals surface area contributed by atoms with Gasteiger partial charge in [0.1, 0.15) is 11.5 Å². The molecule has 0 aliphatic carbocycles. The van der Waals surface area contributed by atoms with Gasteiger partial charge in [-0.2, -0.15) is 0 Å². The Morgan fingerprint density at radius 1 is 1.02 bits per heavy atom. The largest absolute Gasteiger partial charge is 0.350 e. The molecule has 4 rings (SSSR count). The van der Waals surface area contributed by atoms with Crippen molar-refractivity contribution in [3.8, 4) is 22.3 Å². The summed E-state index contributed by atoms with van der Waals surface area (Å²) in [5.74, 6) is 6.43. The average Bonchev–Trinajstić information content (AvgIpc) is 3.37. The number of rotatable bonds is 11. The Morgan fingerprint density at radius 2 is 1.75 bits per heavy atom. The molecular formula is C32H37N7O. The number of aromatic nitrogens is 2. The lowest BCUT2D eigenvalue weighted by atomic mass is 9.93. The van der Waals surface area contributed by atoms with Crippen molar-refractivity contribution in [3.05, 3.63) is 102 Å². The summed E-state index contributed by atoms with van der Waals surface area (Å²) in [6.45, 7) is 7.46. The van der Waals surface area contributed by atoms with Crippen LogP contribution < -0.4 is 11.2 Å². The number of imidazole rings is 1. The number of carbonyl (C=O) groups excluding carboxylic acids is 1. The van der Waals surface area contributed by atoms with E-state index in [4.69, 9.17) is 11.3 Å². The van der Waals surface area contributed by atoms with Crippen molar-refractivity contribution in [3.63, 3.8) is 0 Å². The second kappa shape index (κ2) is 13.5. The van der Waals surface area contributed by atoms with E-state index in [1.807, 2.05) is 47.0 Å². The average molecular weight is 536 g/mol. The first-order chi connectivity index (χ1) is 19.4. The van der Waals surface area contributed by atoms with Crippen LogP contribution in [0.15, 0.2) is 89.3 Å². The predicted octanol–water partition coefficient (Wildman–Crippen LogP) is 6.65. The Kier molecular flexibility index (Phi) is 9.57. The molecule has 0 saturated heterocycles. The summed E-state index contributed by atoms with van der Waals surface area (Å²) in [6, 6.07) is 24.2. The number of hydrogen-bond donors (Lipinski definition) is 3. The van der Waals surface area contributed by atoms with E-state index >= 15 is 0 Å². The van der Waals surface area contributed by atoms with Gasteiger partial charge in [0.05, 0.1) is 6.20 Å². The number of benzene rings is 3. The molecule has 0 saturated carbocycles. The number of amidine groups is 1. The van der Waals surface area contributed by atoms with E-state index in [1.165, 1.54) is 0 Å². The molecule has 4 N–H and O–H groups in total. The van der Waals surface area contributed by atoms with E-state index in [0.29, 0.717) is 30.3 Å². The molecule has 3 aromatic carbocycles. The maximum absolute atomic E-state index is 13.0. The molecule has 0 spiro atoms. The van der Waals surface area contributed by atoms with Crippen molar-refractivity contribution >= 4 is 11.7 Å². The lowest BCUT2D eigenvalue weighted by Gasteiger charge is -2.15. The Morgan fingerprint density at radius 3 is 2.42 bits per heavy atom. The molecular weight excluding hydrogens is 498 g/mol. The minimum Gasteiger partial charge on any atom is -0.350 e. The van der Waals surface area contributed by atoms with Gasteiger partial charge in [0, 0.05) is 25.1 Å². The quantitative estimate of drug-likeness (QED) is 0.0655. The number of amides is 1. The summed E-state index contributed by atoms with van der Waals surface area (Å²) in [4.78, 5) is 17.6. The molecule has 0 atom stereocenters. The standard InChI is InChI=1S/C32H37N7O/c1-4-5-11-30-35-20-29(32(40)36-19-22(2)3)39(30)21-23-12-14-25(15-13-23)28-18-26(24-9-7-6-8-10-24)16-17-27(28)31(33)37-38-34/h6-10,12-18,20,22H,4-5,11,19,21H2,1-3H3,(H,36,40)(H3,33,34,37). The number of aryl methyl sites for hydroxylation is 1. The molecule has 0 aliphatic rings. The molecule has 1 amide bonds. The molecule has 0 radical (unpaired) electrons. The minimum atomic E-state index is -0.101. The van der Waals surface area contributed by atoms with Crippen LogP contribution in [0.25, 0.3) is 22.3 Å². The summed E-state index contributed by atoms with van der Waals surface area (Å²) in [5.41, 5.74) is 6.20. The Bertz CT molecular complexity index is 1470. The van der Waals surface area contributed by atoms with Gasteiger partial charge in [0.15, 0.2) is 5.84 Å². The highest BCUT2D eigenvalue weighted by molar-refractivity contribution is 6.03. The highest BCUT2D eigenvalue weighted by Crippen LogP contribution is 2.31. The van der Waals surface area contributed by atoms with Crippen LogP contribution in [0.4, 0.5) is 0 Å². The first-order valence-corrected chi connectivity index (χ1v) is 13.7. The fourth-order valence-corrected chi connectivity index (χ4v) is 4.58. The number of hydrogen-bond acceptors (Lipinski definition) is 4. The normalized spacial score (nSPS) is 11.3. The van der Waals surface area contributed by atoms with Crippen molar-refractivity contribution in [1.29, 1.82) is 5.41 Å². The highest BCUT2D eigenvalue weighted by Gasteiger charge is 2.17. The van der Waals surface area contributed by atoms with E-state index in [0.717, 1.165) is 52.9 Å². The van der Waals surface area contributed by atoms with Gasteiger partial charge in [0.2, 0.25) is 0 Å². The van der Waals surface area contributed by atoms with E-state index in [1.54, 1.807) is 6.20 Å². The van der Waals surface area contributed by atoms with Crippen molar-refractivity contribution in [2.24, 2.45) is 22.1 Å². The molecule has 8 nitrogen and oxygen atoms in total. The lowest BCUT2D eigenvalue weighted by Crippen LogP contribution is -2.29. The monoisotopic (exact) mass is 535 g/mol. The topological polar surface area (TPSA) is 122 Å². The fourth-order valence-electron chi connectivity index (χ4n) is 4.58. The molecule has 40 heavy (non-hydrogen) atoms. The first kappa shape index (κ1) is 28.4. The predicted molar refractivity (Wildman–Crippen MR) is 160 cm³/mol. The van der Waals surface area contributed by atoms with Gasteiger partial charge in [-0.25, -0.2) is 4.98 Å². The van der Waals surface area contributed by atoms with Crippen LogP contribution in [-0.2, 0) is 13.0 Å². The minimum absolute atomic E-state index is 0.00257. The summed E-state index contributed by atoms with van der Waals surface area (Å²) < 4.78 is 2.03. The van der Waals surface area contributed by atoms with Crippen LogP contribution in [0.1, 0.15) is 61.1 Å². The molecule has 1 heterocycles. The summed E-state index contributed by atoms with van der Waals surface area (Å²) in [5, 5.41) is 18.5. The summed E-state index contributed by atoms with van der Waals surface area (Å²) in [6.07, 6.45) is 4.57. The Hall–Kier alpha value is -4.59. The van der Waals surface area contributed by atoms with Gasteiger partial charge < -0.3 is 15.7 Å². The summed E-state index contributed by atoms with van der Waals surface area (Å²) in [7, 11) is 0. The number of nitrogens with two attached hydrogens (primary N) is 1. The van der Waals surface area contributed by atoms with Crippen LogP contribution >= 0.6 is 0 Å². The maximum atomic E-state index is 13.0. The number of unbranched alkanes of at least 4 members (excludes halogenated alkanes) is 1. The summed E-state index contributed by atoms with van der Waals surface area (Å²) >= 11 is 0. The third kappa shape index (κ3) is 6.88. The highest BCUT2D eigenvalue weighted by atomic mass is 16.2. The van der Waals surface area contributed by atoms with Crippen LogP contribution in [0.2, 0.25) is 0 Å². The molecule has 0 fully saturated rings. The van der Waals surface area contributed by atoms with Gasteiger partial charge in [-0.05, 0) is 52.3 Å². The zero-order chi connectivity index (χ0) is 28.5. The number of nitrogens with one attached hydrogen (secondary N) is 2. The van der Waals surface area contributed by atoms with E-state index < -0.39 is 0 Å². The Balaban J connectivity index is 1.67. The van der Waals surface area contributed by atoms with Crippen LogP contribution in [-0.4, -0.2) is 27.8 Å². The fraction of sp³-hybridized carbons (Fsp3) is 0.281. The SMILES string of the molecule is CCCCc1ncc(C(=O)NCC(C)C)n1Cc1ccc(-c2cc(-c3ccccc3)ccc2C(=N)N=NN)cc1. The molecule has 206 valence electrons. The Labute approximate surface area is 235 Å². The maximum Gasteiger partial charge on any atom is 0.269 e. The van der Waals surface area contributed by atoms with Gasteiger partial charge in [0.25, 0.3) is 5.91 Å². The van der Waals surface area contributed by atoms with Gasteiger partial charge >= 0.3 is 0 Å². The second-order valence-electron chi connectivity index (χ2n) is 10.2. The first-order valence-electron chi connectivity index (χ1n) is 13.7. The smallest absolute Gasteiger partial charge is 0.269 e. The molecule has 0 bridgehead atoms. The zero-order valence-corrected chi connectivity index (χ0v) is 23.4. The van der Waals surface area contributed by atoms with Crippen molar-refractivity contribution in [2.45, 2.75) is 46.6 Å². The molecule has 4 aromatic rings. The van der Waals surface area contributed by atoms with Gasteiger partial charge in [-0.15, -0.1) is 5.11 Å². The van der Waals surface area contributed by atoms with Gasteiger partial charge in [-0.3, -0.25) is 10.2 Å². The van der Waals surface area contributed by atoms with Crippen molar-refractivity contribution in [1.82, 2.24) is 14.9 Å². The van der Waals surface area contributed by atoms with E-state index in [2.05, 4.69) is 71.7 Å². The molecule has 8 heteroatoms. The van der Waals surface area contributed by atoms with Crippen LogP contribution in [0.5, 0.6) is 0 Å². The third-order valence-electron chi connectivity index (χ3n) is 6.74. The molecule has 0 aliphatic heterocycles. The van der Waals surface area contributed by atoms with Crippen molar-refractivity contribution < 1.29 is 4.79 Å². The second-order valence-corrected chi connectivity index (χ2v) is 10.2. The zero-order valence-electron chi connectivity index (χ0n) is 23.4. The van der Waals surface area contributed by atoms with E-state index in [-0.39, 0.29) is 11.7 Å². The molecule has 1 aromatic heterocycles. The van der Waals surface area contributed by atoms with Crippen LogP contribution in [0.3, 0.4) is 0 Å². The van der Waals surface area contributed by atoms with Gasteiger partial charge in [-0.1, -0.05) is 93.1 Å².